The lowest BCUT2D eigenvalue weighted by Crippen LogP contribution is -2.46. The van der Waals surface area contributed by atoms with Gasteiger partial charge >= 0.3 is 11.8 Å². The Bertz CT molecular complexity index is 1490. The fraction of sp³-hybridized carbons (Fsp3) is 0.375. The molecule has 7 nitrogen and oxygen atoms in total. The maximum atomic E-state index is 13.0. The first-order valence-corrected chi connectivity index (χ1v) is 13.7. The summed E-state index contributed by atoms with van der Waals surface area (Å²) < 4.78 is 12.4. The molecule has 0 saturated carbocycles. The van der Waals surface area contributed by atoms with Gasteiger partial charge in [-0.25, -0.2) is 9.59 Å². The van der Waals surface area contributed by atoms with E-state index < -0.39 is 17.5 Å². The van der Waals surface area contributed by atoms with Crippen LogP contribution in [-0.2, 0) is 11.3 Å². The molecule has 204 valence electrons. The molecule has 1 aromatic heterocycles. The molecule has 0 unspecified atom stereocenters. The molecule has 1 aliphatic rings. The molecule has 5 rings (SSSR count). The van der Waals surface area contributed by atoms with E-state index in [2.05, 4.69) is 72.2 Å². The minimum absolute atomic E-state index is 0.351. The van der Waals surface area contributed by atoms with Crippen molar-refractivity contribution in [1.82, 2.24) is 9.47 Å². The van der Waals surface area contributed by atoms with Gasteiger partial charge in [-0.2, -0.15) is 4.57 Å². The number of para-hydroxylation sites is 1. The highest BCUT2D eigenvalue weighted by molar-refractivity contribution is 5.92. The first kappa shape index (κ1) is 26.8. The molecule has 7 heteroatoms. The third-order valence-corrected chi connectivity index (χ3v) is 7.19. The van der Waals surface area contributed by atoms with Crippen molar-refractivity contribution in [3.8, 4) is 11.1 Å². The van der Waals surface area contributed by atoms with Gasteiger partial charge in [0.25, 0.3) is 0 Å². The summed E-state index contributed by atoms with van der Waals surface area (Å²) >= 11 is 0. The van der Waals surface area contributed by atoms with E-state index in [1.54, 1.807) is 6.07 Å². The molecule has 1 fully saturated rings. The van der Waals surface area contributed by atoms with Crippen molar-refractivity contribution in [2.24, 2.45) is 5.92 Å². The second kappa shape index (κ2) is 11.1. The molecule has 39 heavy (non-hydrogen) atoms. The fourth-order valence-electron chi connectivity index (χ4n) is 5.64. The summed E-state index contributed by atoms with van der Waals surface area (Å²) in [6.45, 7) is 12.1. The standard InChI is InChI=1S/C32H37N3O4/c1-23(2)21-32(3,4)39-31(37)35-28-15-9-14-27(29(28)38-30(35)36)34-18-16-33(17-19-34)22-24-10-8-13-26(20-24)25-11-6-5-7-12-25/h5-15,20,23H,16-19,21-22H2,1-4H3. The smallest absolute Gasteiger partial charge is 0.429 e. The number of hydrogen-bond acceptors (Lipinski definition) is 6. The third kappa shape index (κ3) is 6.09. The van der Waals surface area contributed by atoms with Gasteiger partial charge in [-0.3, -0.25) is 4.90 Å². The van der Waals surface area contributed by atoms with Crippen molar-refractivity contribution in [3.63, 3.8) is 0 Å². The van der Waals surface area contributed by atoms with Crippen LogP contribution in [0.15, 0.2) is 82.0 Å². The molecule has 0 amide bonds. The monoisotopic (exact) mass is 527 g/mol. The quantitative estimate of drug-likeness (QED) is 0.277. The fourth-order valence-corrected chi connectivity index (χ4v) is 5.64. The number of benzene rings is 3. The predicted octanol–water partition coefficient (Wildman–Crippen LogP) is 6.39. The number of hydrogen-bond donors (Lipinski definition) is 0. The maximum absolute atomic E-state index is 13.0. The number of anilines is 1. The summed E-state index contributed by atoms with van der Waals surface area (Å²) in [5, 5.41) is 0. The lowest BCUT2D eigenvalue weighted by Gasteiger charge is -2.36. The Morgan fingerprint density at radius 3 is 2.33 bits per heavy atom. The minimum atomic E-state index is -0.722. The number of fused-ring (bicyclic) bond motifs is 1. The van der Waals surface area contributed by atoms with Gasteiger partial charge in [0.15, 0.2) is 5.58 Å². The van der Waals surface area contributed by atoms with Crippen LogP contribution in [-0.4, -0.2) is 47.3 Å². The number of nitrogens with zero attached hydrogens (tertiary/aromatic N) is 3. The number of ether oxygens (including phenoxy) is 1. The molecule has 1 saturated heterocycles. The zero-order chi connectivity index (χ0) is 27.6. The van der Waals surface area contributed by atoms with E-state index in [0.717, 1.165) is 43.0 Å². The number of rotatable bonds is 7. The van der Waals surface area contributed by atoms with Crippen molar-refractivity contribution in [3.05, 3.63) is 88.9 Å². The van der Waals surface area contributed by atoms with E-state index in [1.807, 2.05) is 32.0 Å². The summed E-state index contributed by atoms with van der Waals surface area (Å²) in [6.07, 6.45) is -0.0147. The van der Waals surface area contributed by atoms with Crippen molar-refractivity contribution in [1.29, 1.82) is 0 Å². The molecule has 0 radical (unpaired) electrons. The lowest BCUT2D eigenvalue weighted by molar-refractivity contribution is 0.0246. The maximum Gasteiger partial charge on any atom is 0.429 e. The molecular formula is C32H37N3O4. The van der Waals surface area contributed by atoms with Crippen molar-refractivity contribution >= 4 is 22.9 Å². The Kier molecular flexibility index (Phi) is 7.62. The lowest BCUT2D eigenvalue weighted by atomic mass is 9.96. The molecule has 0 bridgehead atoms. The highest BCUT2D eigenvalue weighted by Crippen LogP contribution is 2.29. The molecule has 0 N–H and O–H groups in total. The van der Waals surface area contributed by atoms with E-state index >= 15 is 0 Å². The first-order chi connectivity index (χ1) is 18.7. The summed E-state index contributed by atoms with van der Waals surface area (Å²) in [7, 11) is 0. The van der Waals surface area contributed by atoms with Crippen LogP contribution in [0.2, 0.25) is 0 Å². The van der Waals surface area contributed by atoms with Gasteiger partial charge in [0.2, 0.25) is 0 Å². The zero-order valence-electron chi connectivity index (χ0n) is 23.2. The van der Waals surface area contributed by atoms with E-state index in [9.17, 15) is 9.59 Å². The summed E-state index contributed by atoms with van der Waals surface area (Å²) in [4.78, 5) is 30.5. The van der Waals surface area contributed by atoms with Gasteiger partial charge in [-0.15, -0.1) is 0 Å². The Labute approximate surface area is 229 Å². The zero-order valence-corrected chi connectivity index (χ0v) is 23.2. The number of carbonyl (C=O) groups is 1. The number of aromatic nitrogens is 1. The van der Waals surface area contributed by atoms with Crippen molar-refractivity contribution in [2.45, 2.75) is 46.3 Å². The van der Waals surface area contributed by atoms with Gasteiger partial charge in [0, 0.05) is 32.7 Å². The predicted molar refractivity (Wildman–Crippen MR) is 155 cm³/mol. The Balaban J connectivity index is 1.28. The molecule has 2 heterocycles. The number of oxazole rings is 1. The molecule has 4 aromatic rings. The van der Waals surface area contributed by atoms with Gasteiger partial charge in [0.05, 0.1) is 5.69 Å². The number of piperazine rings is 1. The Morgan fingerprint density at radius 1 is 0.923 bits per heavy atom. The van der Waals surface area contributed by atoms with E-state index in [0.29, 0.717) is 23.4 Å². The molecule has 1 aliphatic heterocycles. The van der Waals surface area contributed by atoms with Crippen LogP contribution in [0.5, 0.6) is 0 Å². The van der Waals surface area contributed by atoms with Crippen LogP contribution in [0.25, 0.3) is 22.2 Å². The average molecular weight is 528 g/mol. The van der Waals surface area contributed by atoms with Crippen LogP contribution in [0.1, 0.15) is 39.7 Å². The molecular weight excluding hydrogens is 490 g/mol. The molecule has 0 atom stereocenters. The second-order valence-corrected chi connectivity index (χ2v) is 11.4. The molecule has 0 spiro atoms. The van der Waals surface area contributed by atoms with E-state index in [4.69, 9.17) is 9.15 Å². The SMILES string of the molecule is CC(C)CC(C)(C)OC(=O)n1c(=O)oc2c(N3CCN(Cc4cccc(-c5ccccc5)c4)CC3)cccc21. The highest BCUT2D eigenvalue weighted by atomic mass is 16.6. The largest absolute Gasteiger partial charge is 0.443 e. The normalized spacial score (nSPS) is 14.7. The van der Waals surface area contributed by atoms with Gasteiger partial charge in [-0.05, 0) is 61.1 Å². The summed E-state index contributed by atoms with van der Waals surface area (Å²) in [5.41, 5.74) is 4.72. The van der Waals surface area contributed by atoms with Gasteiger partial charge in [-0.1, -0.05) is 68.4 Å². The molecule has 3 aromatic carbocycles. The topological polar surface area (TPSA) is 67.9 Å². The van der Waals surface area contributed by atoms with E-state index in [-0.39, 0.29) is 0 Å². The number of carbonyl (C=O) groups excluding carboxylic acids is 1. The van der Waals surface area contributed by atoms with Crippen LogP contribution in [0.4, 0.5) is 10.5 Å². The van der Waals surface area contributed by atoms with Gasteiger partial charge in [0.1, 0.15) is 11.1 Å². The Morgan fingerprint density at radius 2 is 1.62 bits per heavy atom. The highest BCUT2D eigenvalue weighted by Gasteiger charge is 2.29. The Hall–Kier alpha value is -3.84. The van der Waals surface area contributed by atoms with Crippen LogP contribution < -0.4 is 10.7 Å². The van der Waals surface area contributed by atoms with Crippen LogP contribution in [0.3, 0.4) is 0 Å². The van der Waals surface area contributed by atoms with Crippen molar-refractivity contribution < 1.29 is 13.9 Å². The summed E-state index contributed by atoms with van der Waals surface area (Å²) in [5.74, 6) is -0.372. The first-order valence-electron chi connectivity index (χ1n) is 13.7. The van der Waals surface area contributed by atoms with Crippen LogP contribution in [0, 0.1) is 5.92 Å². The molecule has 0 aliphatic carbocycles. The third-order valence-electron chi connectivity index (χ3n) is 7.19. The second-order valence-electron chi connectivity index (χ2n) is 11.4. The minimum Gasteiger partial charge on any atom is -0.443 e. The average Bonchev–Trinajstić information content (AvgIpc) is 3.25. The summed E-state index contributed by atoms with van der Waals surface area (Å²) in [6, 6.07) is 24.7. The van der Waals surface area contributed by atoms with Gasteiger partial charge < -0.3 is 14.1 Å². The van der Waals surface area contributed by atoms with Crippen molar-refractivity contribution in [2.75, 3.05) is 31.1 Å². The van der Waals surface area contributed by atoms with E-state index in [1.165, 1.54) is 16.7 Å². The van der Waals surface area contributed by atoms with Crippen LogP contribution >= 0.6 is 0 Å².